The number of aliphatic hydroxyl groups is 2. The lowest BCUT2D eigenvalue weighted by atomic mass is 10.1. The summed E-state index contributed by atoms with van der Waals surface area (Å²) in [5.41, 5.74) is 1.45. The van der Waals surface area contributed by atoms with Crippen LogP contribution in [0.4, 0.5) is 10.6 Å². The second kappa shape index (κ2) is 9.48. The average molecular weight is 455 g/mol. The molecule has 3 heterocycles. The van der Waals surface area contributed by atoms with Gasteiger partial charge in [-0.1, -0.05) is 30.3 Å². The van der Waals surface area contributed by atoms with Gasteiger partial charge in [-0.3, -0.25) is 14.7 Å². The summed E-state index contributed by atoms with van der Waals surface area (Å²) < 4.78 is 7.01. The molecule has 0 unspecified atom stereocenters. The summed E-state index contributed by atoms with van der Waals surface area (Å²) in [5.74, 6) is -0.373. The lowest BCUT2D eigenvalue weighted by molar-refractivity contribution is -0.137. The van der Waals surface area contributed by atoms with Crippen molar-refractivity contribution in [2.45, 2.75) is 44.4 Å². The van der Waals surface area contributed by atoms with Gasteiger partial charge in [-0.25, -0.2) is 19.7 Å². The first kappa shape index (κ1) is 22.6. The molecule has 2 aromatic heterocycles. The maximum Gasteiger partial charge on any atom is 0.320 e. The molecule has 4 rings (SSSR count). The van der Waals surface area contributed by atoms with Gasteiger partial charge in [0.2, 0.25) is 0 Å². The van der Waals surface area contributed by atoms with Crippen LogP contribution in [-0.4, -0.2) is 66.5 Å². The Labute approximate surface area is 189 Å². The highest BCUT2D eigenvalue weighted by molar-refractivity contribution is 5.96. The van der Waals surface area contributed by atoms with E-state index in [9.17, 15) is 19.8 Å². The van der Waals surface area contributed by atoms with E-state index in [0.29, 0.717) is 6.54 Å². The Bertz CT molecular complexity index is 1140. The van der Waals surface area contributed by atoms with E-state index in [4.69, 9.17) is 4.74 Å². The minimum absolute atomic E-state index is 0.157. The molecule has 0 aliphatic carbocycles. The molecule has 1 saturated heterocycles. The number of hydrogen-bond donors (Lipinski definition) is 5. The molecule has 0 bridgehead atoms. The summed E-state index contributed by atoms with van der Waals surface area (Å²) in [6, 6.07) is 8.76. The summed E-state index contributed by atoms with van der Waals surface area (Å²) in [5, 5.41) is 28.8. The lowest BCUT2D eigenvalue weighted by Crippen LogP contribution is -2.42. The first-order chi connectivity index (χ1) is 15.9. The molecule has 5 atom stereocenters. The van der Waals surface area contributed by atoms with Crippen LogP contribution in [0.15, 0.2) is 43.0 Å². The Morgan fingerprint density at radius 2 is 1.91 bits per heavy atom. The molecule has 3 amide bonds. The smallest absolute Gasteiger partial charge is 0.320 e. The van der Waals surface area contributed by atoms with Gasteiger partial charge in [-0.05, 0) is 19.4 Å². The van der Waals surface area contributed by atoms with Gasteiger partial charge in [0.05, 0.1) is 12.4 Å². The molecule has 1 aliphatic rings. The van der Waals surface area contributed by atoms with Crippen LogP contribution in [0, 0.1) is 0 Å². The summed E-state index contributed by atoms with van der Waals surface area (Å²) >= 11 is 0. The molecule has 1 aliphatic heterocycles. The van der Waals surface area contributed by atoms with Crippen molar-refractivity contribution >= 4 is 28.9 Å². The third kappa shape index (κ3) is 4.49. The molecular formula is C21H25N7O5. The number of nitrogens with zero attached hydrogens (tertiary/aromatic N) is 4. The van der Waals surface area contributed by atoms with Crippen LogP contribution in [0.25, 0.3) is 11.2 Å². The van der Waals surface area contributed by atoms with Gasteiger partial charge < -0.3 is 25.6 Å². The zero-order valence-corrected chi connectivity index (χ0v) is 18.0. The highest BCUT2D eigenvalue weighted by Gasteiger charge is 2.47. The molecule has 3 aromatic rings. The predicted octanol–water partition coefficient (Wildman–Crippen LogP) is 0.464. The highest BCUT2D eigenvalue weighted by atomic mass is 16.6. The van der Waals surface area contributed by atoms with Gasteiger partial charge in [0, 0.05) is 6.54 Å². The minimum atomic E-state index is -1.43. The summed E-state index contributed by atoms with van der Waals surface area (Å²) in [7, 11) is 0. The van der Waals surface area contributed by atoms with Crippen LogP contribution in [0.3, 0.4) is 0 Å². The standard InChI is InChI=1S/C21H25N7O5/c1-3-22-19(31)16-14(29)15(30)20(33-16)28-10-25-13-17(23-9-24-18(13)28)27-21(32)26-11(2)12-7-5-4-6-8-12/h4-11,14-16,20,29-30H,3H2,1-2H3,(H,22,31)(H2,23,24,26,27,32)/t11-,14+,15-,16-,20+/m0/s1. The fourth-order valence-electron chi connectivity index (χ4n) is 3.68. The van der Waals surface area contributed by atoms with E-state index in [1.54, 1.807) is 6.92 Å². The molecule has 12 heteroatoms. The van der Waals surface area contributed by atoms with Crippen molar-refractivity contribution in [2.75, 3.05) is 11.9 Å². The Morgan fingerprint density at radius 1 is 1.15 bits per heavy atom. The van der Waals surface area contributed by atoms with Crippen molar-refractivity contribution in [3.8, 4) is 0 Å². The normalized spacial score (nSPS) is 23.3. The van der Waals surface area contributed by atoms with E-state index in [-0.39, 0.29) is 23.0 Å². The monoisotopic (exact) mass is 455 g/mol. The van der Waals surface area contributed by atoms with E-state index in [2.05, 4.69) is 30.9 Å². The SMILES string of the molecule is CCNC(=O)[C@H]1O[C@@H](n2cnc3c(NC(=O)N[C@@H](C)c4ccccc4)ncnc32)[C@@H](O)[C@H]1O. The second-order valence-electron chi connectivity index (χ2n) is 7.60. The van der Waals surface area contributed by atoms with E-state index >= 15 is 0 Å². The molecule has 0 saturated carbocycles. The van der Waals surface area contributed by atoms with E-state index in [1.165, 1.54) is 17.2 Å². The number of benzene rings is 1. The van der Waals surface area contributed by atoms with Crippen molar-refractivity contribution in [1.29, 1.82) is 0 Å². The second-order valence-corrected chi connectivity index (χ2v) is 7.60. The van der Waals surface area contributed by atoms with Gasteiger partial charge in [0.1, 0.15) is 18.5 Å². The fourth-order valence-corrected chi connectivity index (χ4v) is 3.68. The number of carbonyl (C=O) groups is 2. The van der Waals surface area contributed by atoms with Crippen molar-refractivity contribution < 1.29 is 24.5 Å². The Hall–Kier alpha value is -3.61. The number of amides is 3. The molecular weight excluding hydrogens is 430 g/mol. The zero-order valence-electron chi connectivity index (χ0n) is 18.0. The topological polar surface area (TPSA) is 164 Å². The number of hydrogen-bond acceptors (Lipinski definition) is 8. The summed E-state index contributed by atoms with van der Waals surface area (Å²) in [6.07, 6.45) is -2.59. The number of rotatable bonds is 6. The van der Waals surface area contributed by atoms with Gasteiger partial charge in [0.15, 0.2) is 29.3 Å². The highest BCUT2D eigenvalue weighted by Crippen LogP contribution is 2.32. The maximum absolute atomic E-state index is 12.5. The molecule has 0 radical (unpaired) electrons. The number of imidazole rings is 1. The molecule has 0 spiro atoms. The number of fused-ring (bicyclic) bond motifs is 1. The predicted molar refractivity (Wildman–Crippen MR) is 117 cm³/mol. The van der Waals surface area contributed by atoms with Crippen LogP contribution in [0.5, 0.6) is 0 Å². The number of aromatic nitrogens is 4. The van der Waals surface area contributed by atoms with Gasteiger partial charge in [-0.15, -0.1) is 0 Å². The maximum atomic E-state index is 12.5. The van der Waals surface area contributed by atoms with Gasteiger partial charge in [-0.2, -0.15) is 0 Å². The fraction of sp³-hybridized carbons (Fsp3) is 0.381. The molecule has 5 N–H and O–H groups in total. The number of urea groups is 1. The first-order valence-corrected chi connectivity index (χ1v) is 10.5. The van der Waals surface area contributed by atoms with Gasteiger partial charge >= 0.3 is 6.03 Å². The number of carbonyl (C=O) groups excluding carboxylic acids is 2. The van der Waals surface area contributed by atoms with Gasteiger partial charge in [0.25, 0.3) is 5.91 Å². The molecule has 1 aromatic carbocycles. The summed E-state index contributed by atoms with van der Waals surface area (Å²) in [4.78, 5) is 37.2. The number of likely N-dealkylation sites (N-methyl/N-ethyl adjacent to an activating group) is 1. The van der Waals surface area contributed by atoms with E-state index in [1.807, 2.05) is 37.3 Å². The Kier molecular flexibility index (Phi) is 6.49. The third-order valence-corrected chi connectivity index (χ3v) is 5.36. The lowest BCUT2D eigenvalue weighted by Gasteiger charge is -2.16. The molecule has 33 heavy (non-hydrogen) atoms. The Balaban J connectivity index is 1.52. The van der Waals surface area contributed by atoms with Crippen molar-refractivity contribution in [3.05, 3.63) is 48.5 Å². The molecule has 12 nitrogen and oxygen atoms in total. The van der Waals surface area contributed by atoms with Crippen molar-refractivity contribution in [3.63, 3.8) is 0 Å². The van der Waals surface area contributed by atoms with Crippen molar-refractivity contribution in [2.24, 2.45) is 0 Å². The summed E-state index contributed by atoms with van der Waals surface area (Å²) in [6.45, 7) is 3.94. The molecule has 1 fully saturated rings. The van der Waals surface area contributed by atoms with Crippen LogP contribution in [0.2, 0.25) is 0 Å². The third-order valence-electron chi connectivity index (χ3n) is 5.36. The van der Waals surface area contributed by atoms with E-state index in [0.717, 1.165) is 5.56 Å². The largest absolute Gasteiger partial charge is 0.387 e. The number of aliphatic hydroxyl groups excluding tert-OH is 2. The average Bonchev–Trinajstić information content (AvgIpc) is 3.36. The van der Waals surface area contributed by atoms with Crippen LogP contribution < -0.4 is 16.0 Å². The Morgan fingerprint density at radius 3 is 2.64 bits per heavy atom. The van der Waals surface area contributed by atoms with Crippen LogP contribution in [-0.2, 0) is 9.53 Å². The van der Waals surface area contributed by atoms with Crippen LogP contribution in [0.1, 0.15) is 31.7 Å². The minimum Gasteiger partial charge on any atom is -0.387 e. The van der Waals surface area contributed by atoms with Crippen molar-refractivity contribution in [1.82, 2.24) is 30.2 Å². The number of anilines is 1. The molecule has 174 valence electrons. The first-order valence-electron chi connectivity index (χ1n) is 10.5. The number of ether oxygens (including phenoxy) is 1. The quantitative estimate of drug-likeness (QED) is 0.358. The van der Waals surface area contributed by atoms with E-state index < -0.39 is 36.5 Å². The number of nitrogens with one attached hydrogen (secondary N) is 3. The van der Waals surface area contributed by atoms with Crippen LogP contribution >= 0.6 is 0 Å². The zero-order chi connectivity index (χ0) is 23.5.